The van der Waals surface area contributed by atoms with Crippen molar-refractivity contribution in [2.45, 2.75) is 32.0 Å². The van der Waals surface area contributed by atoms with Gasteiger partial charge in [-0.1, -0.05) is 18.2 Å². The fourth-order valence-electron chi connectivity index (χ4n) is 3.83. The highest BCUT2D eigenvalue weighted by molar-refractivity contribution is 7.86. The van der Waals surface area contributed by atoms with Gasteiger partial charge in [-0.25, -0.2) is 9.97 Å². The fourth-order valence-corrected chi connectivity index (χ4v) is 5.54. The van der Waals surface area contributed by atoms with Gasteiger partial charge in [0.1, 0.15) is 12.4 Å². The molecule has 1 atom stereocenters. The second-order valence-electron chi connectivity index (χ2n) is 7.91. The smallest absolute Gasteiger partial charge is 0.295 e. The molecule has 0 saturated carbocycles. The van der Waals surface area contributed by atoms with Crippen LogP contribution in [0.5, 0.6) is 0 Å². The van der Waals surface area contributed by atoms with Gasteiger partial charge in [0.2, 0.25) is 5.28 Å². The molecule has 2 aromatic rings. The van der Waals surface area contributed by atoms with Crippen molar-refractivity contribution in [2.75, 3.05) is 38.2 Å². The topological polar surface area (TPSA) is 108 Å². The Morgan fingerprint density at radius 1 is 1.24 bits per heavy atom. The Balaban J connectivity index is 1.57. The highest BCUT2D eigenvalue weighted by Gasteiger charge is 2.37. The van der Waals surface area contributed by atoms with E-state index in [2.05, 4.69) is 15.3 Å². The van der Waals surface area contributed by atoms with Gasteiger partial charge >= 0.3 is 0 Å². The minimum atomic E-state index is -3.72. The van der Waals surface area contributed by atoms with Crippen molar-refractivity contribution in [1.82, 2.24) is 18.6 Å². The molecule has 0 radical (unpaired) electrons. The van der Waals surface area contributed by atoms with Crippen LogP contribution in [0.3, 0.4) is 0 Å². The van der Waals surface area contributed by atoms with Gasteiger partial charge in [0.15, 0.2) is 0 Å². The highest BCUT2D eigenvalue weighted by Crippen LogP contribution is 2.34. The van der Waals surface area contributed by atoms with E-state index in [1.54, 1.807) is 13.0 Å². The molecule has 0 bridgehead atoms. The van der Waals surface area contributed by atoms with Crippen LogP contribution in [0, 0.1) is 0 Å². The second-order valence-corrected chi connectivity index (χ2v) is 10.2. The number of hydrogen-bond acceptors (Lipinski definition) is 7. The quantitative estimate of drug-likeness (QED) is 0.558. The van der Waals surface area contributed by atoms with Gasteiger partial charge in [-0.3, -0.25) is 0 Å². The van der Waals surface area contributed by atoms with Gasteiger partial charge in [0.05, 0.1) is 25.5 Å². The molecule has 33 heavy (non-hydrogen) atoms. The number of benzene rings is 1. The summed E-state index contributed by atoms with van der Waals surface area (Å²) in [5.74, 6) is -3.01. The minimum Gasteiger partial charge on any atom is -0.390 e. The number of aromatic nitrogens is 2. The lowest BCUT2D eigenvalue weighted by molar-refractivity contribution is -0.0556. The van der Waals surface area contributed by atoms with Crippen LogP contribution < -0.4 is 5.32 Å². The first kappa shape index (κ1) is 24.2. The molecule has 2 aliphatic rings. The van der Waals surface area contributed by atoms with E-state index in [1.165, 1.54) is 26.8 Å². The maximum atomic E-state index is 13.9. The van der Waals surface area contributed by atoms with E-state index in [0.29, 0.717) is 35.9 Å². The summed E-state index contributed by atoms with van der Waals surface area (Å²) in [5.41, 5.74) is 1.31. The van der Waals surface area contributed by atoms with Gasteiger partial charge in [0.25, 0.3) is 16.1 Å². The lowest BCUT2D eigenvalue weighted by Crippen LogP contribution is -2.46. The number of anilines is 1. The third-order valence-electron chi connectivity index (χ3n) is 5.71. The highest BCUT2D eigenvalue weighted by atomic mass is 35.5. The number of aliphatic hydroxyl groups excluding tert-OH is 1. The summed E-state index contributed by atoms with van der Waals surface area (Å²) in [6.45, 7) is 1.81. The SMILES string of the molecule is C[C@@H](Nc1nc(Cl)nc2c1CN(S(=O)(=O)N1CCOCC1)C2)c1cccc(C(F)(F)CO)c1. The number of hydrogen-bond donors (Lipinski definition) is 2. The maximum absolute atomic E-state index is 13.9. The largest absolute Gasteiger partial charge is 0.390 e. The lowest BCUT2D eigenvalue weighted by atomic mass is 10.0. The first-order valence-corrected chi connectivity index (χ1v) is 12.1. The van der Waals surface area contributed by atoms with Crippen LogP contribution in [0.2, 0.25) is 5.28 Å². The Bertz CT molecular complexity index is 1130. The Morgan fingerprint density at radius 3 is 2.67 bits per heavy atom. The van der Waals surface area contributed by atoms with E-state index in [-0.39, 0.29) is 37.0 Å². The first-order chi connectivity index (χ1) is 15.6. The van der Waals surface area contributed by atoms with Crippen LogP contribution in [-0.2, 0) is 34.0 Å². The van der Waals surface area contributed by atoms with Gasteiger partial charge in [-0.05, 0) is 30.2 Å². The van der Waals surface area contributed by atoms with Gasteiger partial charge in [0, 0.05) is 36.8 Å². The molecular formula is C20H24ClF2N5O4S. The van der Waals surface area contributed by atoms with Crippen molar-refractivity contribution in [1.29, 1.82) is 0 Å². The molecular weight excluding hydrogens is 480 g/mol. The maximum Gasteiger partial charge on any atom is 0.295 e. The average molecular weight is 504 g/mol. The van der Waals surface area contributed by atoms with E-state index in [1.807, 2.05) is 0 Å². The van der Waals surface area contributed by atoms with Crippen molar-refractivity contribution in [3.8, 4) is 0 Å². The van der Waals surface area contributed by atoms with Crippen LogP contribution in [0.1, 0.15) is 35.3 Å². The zero-order valence-electron chi connectivity index (χ0n) is 17.8. The summed E-state index contributed by atoms with van der Waals surface area (Å²) in [6.07, 6.45) is 0. The third kappa shape index (κ3) is 4.96. The summed E-state index contributed by atoms with van der Waals surface area (Å²) >= 11 is 6.09. The molecule has 9 nitrogen and oxygen atoms in total. The predicted molar refractivity (Wildman–Crippen MR) is 117 cm³/mol. The van der Waals surface area contributed by atoms with Gasteiger partial charge in [-0.2, -0.15) is 25.8 Å². The molecule has 3 heterocycles. The van der Waals surface area contributed by atoms with E-state index in [0.717, 1.165) is 0 Å². The molecule has 0 unspecified atom stereocenters. The van der Waals surface area contributed by atoms with Crippen molar-refractivity contribution < 1.29 is 27.0 Å². The van der Waals surface area contributed by atoms with E-state index < -0.39 is 28.8 Å². The first-order valence-electron chi connectivity index (χ1n) is 10.4. The third-order valence-corrected chi connectivity index (χ3v) is 7.81. The number of nitrogens with one attached hydrogen (secondary N) is 1. The Labute approximate surface area is 195 Å². The van der Waals surface area contributed by atoms with Gasteiger partial charge in [-0.15, -0.1) is 0 Å². The Kier molecular flexibility index (Phi) is 6.85. The minimum absolute atomic E-state index is 0.0466. The van der Waals surface area contributed by atoms with E-state index in [9.17, 15) is 17.2 Å². The molecule has 0 spiro atoms. The zero-order valence-corrected chi connectivity index (χ0v) is 19.4. The number of nitrogens with zero attached hydrogens (tertiary/aromatic N) is 4. The van der Waals surface area contributed by atoms with Crippen LogP contribution in [-0.4, -0.2) is 65.0 Å². The summed E-state index contributed by atoms with van der Waals surface area (Å²) in [4.78, 5) is 8.43. The monoisotopic (exact) mass is 503 g/mol. The molecule has 1 saturated heterocycles. The van der Waals surface area contributed by atoms with Crippen LogP contribution in [0.15, 0.2) is 24.3 Å². The van der Waals surface area contributed by atoms with Crippen molar-refractivity contribution in [2.24, 2.45) is 0 Å². The van der Waals surface area contributed by atoms with Crippen LogP contribution >= 0.6 is 11.6 Å². The molecule has 4 rings (SSSR count). The van der Waals surface area contributed by atoms with Crippen molar-refractivity contribution in [3.05, 3.63) is 51.9 Å². The van der Waals surface area contributed by atoms with E-state index in [4.69, 9.17) is 21.4 Å². The van der Waals surface area contributed by atoms with Crippen LogP contribution in [0.4, 0.5) is 14.6 Å². The number of rotatable bonds is 7. The number of fused-ring (bicyclic) bond motifs is 1. The summed E-state index contributed by atoms with van der Waals surface area (Å²) < 4.78 is 61.9. The second kappa shape index (κ2) is 9.35. The number of halogens is 3. The molecule has 2 aliphatic heterocycles. The molecule has 0 aliphatic carbocycles. The Hall–Kier alpha value is -1.96. The number of alkyl halides is 2. The molecule has 1 aromatic heterocycles. The van der Waals surface area contributed by atoms with Gasteiger partial charge < -0.3 is 15.2 Å². The number of ether oxygens (including phenoxy) is 1. The normalized spacial score (nSPS) is 18.8. The number of morpholine rings is 1. The molecule has 2 N–H and O–H groups in total. The molecule has 0 amide bonds. The summed E-state index contributed by atoms with van der Waals surface area (Å²) in [7, 11) is -3.72. The standard InChI is InChI=1S/C20H24ClF2N5O4S/c1-13(14-3-2-4-15(9-14)20(22,23)12-29)24-18-16-10-28(11-17(16)25-19(21)26-18)33(30,31)27-5-7-32-8-6-27/h2-4,9,13,29H,5-8,10-12H2,1H3,(H,24,25,26)/t13-/m1/s1. The average Bonchev–Trinajstić information content (AvgIpc) is 3.25. The lowest BCUT2D eigenvalue weighted by Gasteiger charge is -2.29. The predicted octanol–water partition coefficient (Wildman–Crippen LogP) is 2.28. The summed E-state index contributed by atoms with van der Waals surface area (Å²) in [5, 5.41) is 12.1. The number of aliphatic hydroxyl groups is 1. The van der Waals surface area contributed by atoms with Crippen molar-refractivity contribution in [3.63, 3.8) is 0 Å². The molecule has 1 aromatic carbocycles. The van der Waals surface area contributed by atoms with Crippen molar-refractivity contribution >= 4 is 27.6 Å². The molecule has 1 fully saturated rings. The Morgan fingerprint density at radius 2 is 1.97 bits per heavy atom. The molecule has 13 heteroatoms. The van der Waals surface area contributed by atoms with Crippen LogP contribution in [0.25, 0.3) is 0 Å². The fraction of sp³-hybridized carbons (Fsp3) is 0.500. The zero-order chi connectivity index (χ0) is 23.8. The summed E-state index contributed by atoms with van der Waals surface area (Å²) in [6, 6.07) is 5.26. The van der Waals surface area contributed by atoms with E-state index >= 15 is 0 Å². The molecule has 180 valence electrons.